The molecule has 0 aromatic heterocycles. The Morgan fingerprint density at radius 1 is 1.53 bits per heavy atom. The molecular weight excluding hydrogens is 246 g/mol. The number of methoxy groups -OCH3 is 1. The van der Waals surface area contributed by atoms with Crippen molar-refractivity contribution in [1.82, 2.24) is 5.32 Å². The van der Waals surface area contributed by atoms with Crippen molar-refractivity contribution in [3.8, 4) is 0 Å². The molecule has 1 aliphatic rings. The van der Waals surface area contributed by atoms with Crippen LogP contribution in [0.5, 0.6) is 0 Å². The summed E-state index contributed by atoms with van der Waals surface area (Å²) in [6, 6.07) is 0. The van der Waals surface area contributed by atoms with E-state index in [0.717, 1.165) is 32.1 Å². The van der Waals surface area contributed by atoms with Crippen LogP contribution in [0.15, 0.2) is 12.7 Å². The first kappa shape index (κ1) is 15.5. The molecule has 1 amide bonds. The fourth-order valence-electron chi connectivity index (χ4n) is 2.58. The largest absolute Gasteiger partial charge is 0.468 e. The maximum atomic E-state index is 11.7. The Morgan fingerprint density at radius 3 is 2.89 bits per heavy atom. The molecule has 1 aliphatic carbocycles. The average Bonchev–Trinajstić information content (AvgIpc) is 2.74. The van der Waals surface area contributed by atoms with Crippen LogP contribution >= 0.6 is 0 Å². The minimum atomic E-state index is -0.557. The fraction of sp³-hybridized carbons (Fsp3) is 0.714. The number of nitrogens with one attached hydrogen (secondary N) is 1. The molecule has 1 fully saturated rings. The number of esters is 1. The second kappa shape index (κ2) is 7.16. The Balaban J connectivity index is 2.45. The van der Waals surface area contributed by atoms with Gasteiger partial charge in [0.2, 0.25) is 0 Å². The van der Waals surface area contributed by atoms with E-state index in [1.54, 1.807) is 0 Å². The lowest BCUT2D eigenvalue weighted by Crippen LogP contribution is -2.41. The maximum Gasteiger partial charge on any atom is 0.408 e. The Kier molecular flexibility index (Phi) is 5.86. The molecule has 0 aliphatic heterocycles. The van der Waals surface area contributed by atoms with Crippen LogP contribution in [0, 0.1) is 5.92 Å². The molecule has 5 heteroatoms. The van der Waals surface area contributed by atoms with Gasteiger partial charge in [0, 0.05) is 0 Å². The molecule has 0 saturated heterocycles. The van der Waals surface area contributed by atoms with Gasteiger partial charge in [0.1, 0.15) is 12.1 Å². The molecule has 0 heterocycles. The molecule has 0 radical (unpaired) electrons. The van der Waals surface area contributed by atoms with E-state index in [9.17, 15) is 9.59 Å². The highest BCUT2D eigenvalue weighted by molar-refractivity contribution is 5.77. The predicted molar refractivity (Wildman–Crippen MR) is 71.7 cm³/mol. The molecular formula is C14H23NO4. The summed E-state index contributed by atoms with van der Waals surface area (Å²) in [5.74, 6) is -0.133. The van der Waals surface area contributed by atoms with Crippen LogP contribution in [-0.4, -0.2) is 31.3 Å². The molecule has 0 aromatic carbocycles. The zero-order valence-electron chi connectivity index (χ0n) is 11.7. The summed E-state index contributed by atoms with van der Waals surface area (Å²) >= 11 is 0. The monoisotopic (exact) mass is 269 g/mol. The van der Waals surface area contributed by atoms with E-state index < -0.39 is 17.7 Å². The normalized spacial score (nSPS) is 25.7. The zero-order chi connectivity index (χ0) is 14.3. The second-order valence-electron chi connectivity index (χ2n) is 5.09. The van der Waals surface area contributed by atoms with Crippen LogP contribution in [0.2, 0.25) is 0 Å². The summed E-state index contributed by atoms with van der Waals surface area (Å²) in [7, 11) is 1.28. The van der Waals surface area contributed by atoms with Crippen molar-refractivity contribution < 1.29 is 19.1 Å². The first-order valence-corrected chi connectivity index (χ1v) is 6.66. The minimum absolute atomic E-state index is 0.164. The molecule has 0 aromatic rings. The van der Waals surface area contributed by atoms with E-state index in [1.165, 1.54) is 7.11 Å². The van der Waals surface area contributed by atoms with Crippen molar-refractivity contribution in [1.29, 1.82) is 0 Å². The fourth-order valence-corrected chi connectivity index (χ4v) is 2.58. The van der Waals surface area contributed by atoms with Crippen LogP contribution < -0.4 is 5.32 Å². The van der Waals surface area contributed by atoms with E-state index in [2.05, 4.69) is 16.6 Å². The smallest absolute Gasteiger partial charge is 0.408 e. The zero-order valence-corrected chi connectivity index (χ0v) is 11.7. The van der Waals surface area contributed by atoms with Crippen molar-refractivity contribution >= 4 is 12.1 Å². The third-order valence-electron chi connectivity index (χ3n) is 3.74. The van der Waals surface area contributed by atoms with Gasteiger partial charge in [-0.25, -0.2) is 4.79 Å². The second-order valence-corrected chi connectivity index (χ2v) is 5.09. The Hall–Kier alpha value is -1.52. The number of hydrogen-bond donors (Lipinski definition) is 1. The van der Waals surface area contributed by atoms with E-state index >= 15 is 0 Å². The van der Waals surface area contributed by atoms with E-state index in [0.29, 0.717) is 5.92 Å². The molecule has 19 heavy (non-hydrogen) atoms. The lowest BCUT2D eigenvalue weighted by Gasteiger charge is -2.31. The average molecular weight is 269 g/mol. The third-order valence-corrected chi connectivity index (χ3v) is 3.74. The maximum absolute atomic E-state index is 11.7. The van der Waals surface area contributed by atoms with Crippen molar-refractivity contribution in [2.75, 3.05) is 13.7 Å². The number of rotatable bonds is 6. The molecule has 2 atom stereocenters. The molecule has 0 spiro atoms. The first-order chi connectivity index (χ1) is 9.01. The van der Waals surface area contributed by atoms with Gasteiger partial charge in [-0.1, -0.05) is 6.08 Å². The van der Waals surface area contributed by atoms with Crippen LogP contribution in [0.25, 0.3) is 0 Å². The van der Waals surface area contributed by atoms with E-state index in [4.69, 9.17) is 4.74 Å². The summed E-state index contributed by atoms with van der Waals surface area (Å²) in [5, 5.41) is 2.41. The van der Waals surface area contributed by atoms with Crippen molar-refractivity contribution in [2.45, 2.75) is 44.6 Å². The number of carbonyl (C=O) groups excluding carboxylic acids is 2. The van der Waals surface area contributed by atoms with Gasteiger partial charge >= 0.3 is 12.1 Å². The summed E-state index contributed by atoms with van der Waals surface area (Å²) in [5.41, 5.74) is -0.441. The van der Waals surface area contributed by atoms with Crippen LogP contribution in [-0.2, 0) is 14.3 Å². The van der Waals surface area contributed by atoms with Crippen molar-refractivity contribution in [2.24, 2.45) is 5.92 Å². The van der Waals surface area contributed by atoms with Crippen molar-refractivity contribution in [3.05, 3.63) is 12.7 Å². The standard InChI is InChI=1S/C14H23NO4/c1-4-5-7-11-8-6-9-14(11,2)19-13(17)15-10-12(16)18-3/h4,11H,1,5-10H2,2-3H3,(H,15,17)/t11-,14-/m0/s1. The SMILES string of the molecule is C=CCC[C@H]1CCC[C@]1(C)OC(=O)NCC(=O)OC. The summed E-state index contributed by atoms with van der Waals surface area (Å²) < 4.78 is 9.96. The highest BCUT2D eigenvalue weighted by Crippen LogP contribution is 2.41. The van der Waals surface area contributed by atoms with Gasteiger partial charge in [0.05, 0.1) is 7.11 Å². The topological polar surface area (TPSA) is 64.6 Å². The lowest BCUT2D eigenvalue weighted by molar-refractivity contribution is -0.139. The number of allylic oxidation sites excluding steroid dienone is 1. The van der Waals surface area contributed by atoms with Gasteiger partial charge in [0.15, 0.2) is 0 Å². The third kappa shape index (κ3) is 4.58. The Morgan fingerprint density at radius 2 is 2.26 bits per heavy atom. The van der Waals surface area contributed by atoms with E-state index in [1.807, 2.05) is 13.0 Å². The first-order valence-electron chi connectivity index (χ1n) is 6.66. The van der Waals surface area contributed by atoms with Crippen LogP contribution in [0.4, 0.5) is 4.79 Å². The number of amides is 1. The molecule has 0 unspecified atom stereocenters. The minimum Gasteiger partial charge on any atom is -0.468 e. The predicted octanol–water partition coefficient (Wildman–Crippen LogP) is 2.41. The van der Waals surface area contributed by atoms with Crippen molar-refractivity contribution in [3.63, 3.8) is 0 Å². The number of alkyl carbamates (subject to hydrolysis) is 1. The number of hydrogen-bond acceptors (Lipinski definition) is 4. The molecule has 1 N–H and O–H groups in total. The van der Waals surface area contributed by atoms with Crippen LogP contribution in [0.1, 0.15) is 39.0 Å². The lowest BCUT2D eigenvalue weighted by atomic mass is 9.88. The van der Waals surface area contributed by atoms with Gasteiger partial charge in [-0.05, 0) is 44.9 Å². The van der Waals surface area contributed by atoms with Gasteiger partial charge in [0.25, 0.3) is 0 Å². The van der Waals surface area contributed by atoms with Crippen LogP contribution in [0.3, 0.4) is 0 Å². The summed E-state index contributed by atoms with van der Waals surface area (Å²) in [4.78, 5) is 22.6. The van der Waals surface area contributed by atoms with E-state index in [-0.39, 0.29) is 6.54 Å². The number of carbonyl (C=O) groups is 2. The quantitative estimate of drug-likeness (QED) is 0.594. The van der Waals surface area contributed by atoms with Gasteiger partial charge < -0.3 is 14.8 Å². The highest BCUT2D eigenvalue weighted by atomic mass is 16.6. The summed E-state index contributed by atoms with van der Waals surface area (Å²) in [6.07, 6.45) is 6.21. The van der Waals surface area contributed by atoms with Gasteiger partial charge in [-0.3, -0.25) is 4.79 Å². The molecule has 108 valence electrons. The van der Waals surface area contributed by atoms with Gasteiger partial charge in [-0.15, -0.1) is 6.58 Å². The Labute approximate surface area is 114 Å². The van der Waals surface area contributed by atoms with Gasteiger partial charge in [-0.2, -0.15) is 0 Å². The summed E-state index contributed by atoms with van der Waals surface area (Å²) in [6.45, 7) is 5.52. The molecule has 1 saturated carbocycles. The Bertz CT molecular complexity index is 342. The molecule has 5 nitrogen and oxygen atoms in total. The highest BCUT2D eigenvalue weighted by Gasteiger charge is 2.41. The molecule has 1 rings (SSSR count). The number of ether oxygens (including phenoxy) is 2. The molecule has 0 bridgehead atoms.